The zero-order valence-electron chi connectivity index (χ0n) is 12.2. The van der Waals surface area contributed by atoms with Crippen LogP contribution in [0.1, 0.15) is 24.8 Å². The summed E-state index contributed by atoms with van der Waals surface area (Å²) in [7, 11) is 0. The van der Waals surface area contributed by atoms with E-state index in [9.17, 15) is 0 Å². The number of imidazole rings is 1. The lowest BCUT2D eigenvalue weighted by Gasteiger charge is -2.01. The molecule has 0 amide bonds. The second-order valence-corrected chi connectivity index (χ2v) is 6.32. The molecule has 0 unspecified atom stereocenters. The summed E-state index contributed by atoms with van der Waals surface area (Å²) in [4.78, 5) is 7.99. The lowest BCUT2D eigenvalue weighted by atomic mass is 10.2. The molecule has 0 bridgehead atoms. The van der Waals surface area contributed by atoms with Crippen molar-refractivity contribution in [2.24, 2.45) is 0 Å². The molecule has 0 atom stereocenters. The fraction of sp³-hybridized carbons (Fsp3) is 0.375. The van der Waals surface area contributed by atoms with Crippen LogP contribution in [0, 0.1) is 6.92 Å². The molecule has 4 nitrogen and oxygen atoms in total. The van der Waals surface area contributed by atoms with E-state index in [4.69, 9.17) is 0 Å². The van der Waals surface area contributed by atoms with E-state index in [1.807, 2.05) is 34.9 Å². The van der Waals surface area contributed by atoms with Gasteiger partial charge in [-0.05, 0) is 43.5 Å². The van der Waals surface area contributed by atoms with Gasteiger partial charge < -0.3 is 4.98 Å². The first-order valence-corrected chi connectivity index (χ1v) is 8.36. The van der Waals surface area contributed by atoms with E-state index in [2.05, 4.69) is 40.2 Å². The van der Waals surface area contributed by atoms with Crippen molar-refractivity contribution in [3.05, 3.63) is 42.2 Å². The molecule has 0 saturated carbocycles. The molecule has 0 spiro atoms. The van der Waals surface area contributed by atoms with Crippen LogP contribution in [0.15, 0.2) is 41.8 Å². The number of H-pyrrole nitrogens is 1. The highest BCUT2D eigenvalue weighted by atomic mass is 32.2. The summed E-state index contributed by atoms with van der Waals surface area (Å²) in [6, 6.07) is 8.30. The number of hydrogen-bond acceptors (Lipinski definition) is 3. The Morgan fingerprint density at radius 1 is 1.24 bits per heavy atom. The maximum Gasteiger partial charge on any atom is 0.166 e. The molecule has 21 heavy (non-hydrogen) atoms. The van der Waals surface area contributed by atoms with Crippen molar-refractivity contribution >= 4 is 22.8 Å². The molecule has 5 heteroatoms. The molecule has 0 fully saturated rings. The molecule has 0 aliphatic carbocycles. The lowest BCUT2D eigenvalue weighted by molar-refractivity contribution is 0.554. The first-order chi connectivity index (χ1) is 10.3. The number of benzene rings is 1. The number of aryl methyl sites for hydroxylation is 2. The minimum atomic E-state index is 1.02. The molecule has 3 rings (SSSR count). The van der Waals surface area contributed by atoms with E-state index in [0.29, 0.717) is 0 Å². The number of unbranched alkanes of at least 4 members (excludes halogenated alkanes) is 2. The molecule has 1 aromatic carbocycles. The number of hydrogen-bond donors (Lipinski definition) is 1. The Morgan fingerprint density at radius 3 is 3.05 bits per heavy atom. The standard InChI is InChI=1S/C16H20N4S/c1-13-6-7-14-15(12-13)19-16(18-14)21-11-4-2-3-9-20-10-5-8-17-20/h5-8,10,12H,2-4,9,11H2,1H3,(H,18,19). The summed E-state index contributed by atoms with van der Waals surface area (Å²) in [5.74, 6) is 1.11. The van der Waals surface area contributed by atoms with Crippen LogP contribution < -0.4 is 0 Å². The van der Waals surface area contributed by atoms with Gasteiger partial charge in [0.05, 0.1) is 11.0 Å². The van der Waals surface area contributed by atoms with Gasteiger partial charge in [0.25, 0.3) is 0 Å². The summed E-state index contributed by atoms with van der Waals surface area (Å²) in [5.41, 5.74) is 3.46. The van der Waals surface area contributed by atoms with Gasteiger partial charge in [-0.3, -0.25) is 4.68 Å². The molecule has 0 saturated heterocycles. The summed E-state index contributed by atoms with van der Waals surface area (Å²) in [5, 5.41) is 5.24. The number of nitrogens with zero attached hydrogens (tertiary/aromatic N) is 3. The van der Waals surface area contributed by atoms with Gasteiger partial charge in [0, 0.05) is 24.7 Å². The van der Waals surface area contributed by atoms with Gasteiger partial charge in [0.1, 0.15) is 0 Å². The zero-order valence-corrected chi connectivity index (χ0v) is 13.1. The van der Waals surface area contributed by atoms with Crippen LogP contribution in [0.5, 0.6) is 0 Å². The number of rotatable bonds is 7. The summed E-state index contributed by atoms with van der Waals surface area (Å²) in [6.07, 6.45) is 7.47. The average Bonchev–Trinajstić information content (AvgIpc) is 3.11. The first-order valence-electron chi connectivity index (χ1n) is 7.38. The summed E-state index contributed by atoms with van der Waals surface area (Å²) >= 11 is 1.81. The van der Waals surface area contributed by atoms with Crippen LogP contribution in [0.3, 0.4) is 0 Å². The van der Waals surface area contributed by atoms with E-state index in [0.717, 1.165) is 28.5 Å². The van der Waals surface area contributed by atoms with Gasteiger partial charge in [0.15, 0.2) is 5.16 Å². The average molecular weight is 300 g/mol. The monoisotopic (exact) mass is 300 g/mol. The maximum absolute atomic E-state index is 4.61. The van der Waals surface area contributed by atoms with Crippen molar-refractivity contribution in [3.8, 4) is 0 Å². The number of aromatic amines is 1. The normalized spacial score (nSPS) is 11.3. The largest absolute Gasteiger partial charge is 0.333 e. The van der Waals surface area contributed by atoms with Crippen molar-refractivity contribution in [1.29, 1.82) is 0 Å². The second-order valence-electron chi connectivity index (χ2n) is 5.24. The van der Waals surface area contributed by atoms with E-state index in [1.54, 1.807) is 0 Å². The van der Waals surface area contributed by atoms with Gasteiger partial charge in [-0.1, -0.05) is 24.2 Å². The van der Waals surface area contributed by atoms with Crippen LogP contribution in [-0.2, 0) is 6.54 Å². The minimum absolute atomic E-state index is 1.02. The van der Waals surface area contributed by atoms with Crippen molar-refractivity contribution in [1.82, 2.24) is 19.7 Å². The van der Waals surface area contributed by atoms with E-state index < -0.39 is 0 Å². The zero-order chi connectivity index (χ0) is 14.5. The van der Waals surface area contributed by atoms with Gasteiger partial charge in [-0.2, -0.15) is 5.10 Å². The highest BCUT2D eigenvalue weighted by Gasteiger charge is 2.03. The third-order valence-electron chi connectivity index (χ3n) is 3.45. The Morgan fingerprint density at radius 2 is 2.19 bits per heavy atom. The molecule has 0 aliphatic rings. The maximum atomic E-state index is 4.61. The minimum Gasteiger partial charge on any atom is -0.333 e. The number of thioether (sulfide) groups is 1. The topological polar surface area (TPSA) is 46.5 Å². The second kappa shape index (κ2) is 6.80. The molecule has 2 aromatic heterocycles. The summed E-state index contributed by atoms with van der Waals surface area (Å²) < 4.78 is 1.99. The van der Waals surface area contributed by atoms with Crippen molar-refractivity contribution in [3.63, 3.8) is 0 Å². The third-order valence-corrected chi connectivity index (χ3v) is 4.40. The van der Waals surface area contributed by atoms with Crippen LogP contribution in [-0.4, -0.2) is 25.5 Å². The Labute approximate surface area is 129 Å². The van der Waals surface area contributed by atoms with E-state index in [1.165, 1.54) is 24.8 Å². The van der Waals surface area contributed by atoms with Crippen molar-refractivity contribution < 1.29 is 0 Å². The molecule has 1 N–H and O–H groups in total. The fourth-order valence-corrected chi connectivity index (χ4v) is 3.21. The quantitative estimate of drug-likeness (QED) is 0.529. The molecule has 0 radical (unpaired) electrons. The fourth-order valence-electron chi connectivity index (χ4n) is 2.32. The summed E-state index contributed by atoms with van der Waals surface area (Å²) in [6.45, 7) is 3.12. The highest BCUT2D eigenvalue weighted by Crippen LogP contribution is 2.21. The molecule has 2 heterocycles. The van der Waals surface area contributed by atoms with Gasteiger partial charge >= 0.3 is 0 Å². The number of aromatic nitrogens is 4. The van der Waals surface area contributed by atoms with Crippen LogP contribution in [0.4, 0.5) is 0 Å². The lowest BCUT2D eigenvalue weighted by Crippen LogP contribution is -1.98. The van der Waals surface area contributed by atoms with Crippen LogP contribution in [0.25, 0.3) is 11.0 Å². The van der Waals surface area contributed by atoms with Gasteiger partial charge in [-0.15, -0.1) is 0 Å². The van der Waals surface area contributed by atoms with Crippen LogP contribution in [0.2, 0.25) is 0 Å². The number of fused-ring (bicyclic) bond motifs is 1. The van der Waals surface area contributed by atoms with E-state index in [-0.39, 0.29) is 0 Å². The van der Waals surface area contributed by atoms with Crippen LogP contribution >= 0.6 is 11.8 Å². The molecule has 110 valence electrons. The first kappa shape index (κ1) is 14.2. The van der Waals surface area contributed by atoms with Crippen molar-refractivity contribution in [2.75, 3.05) is 5.75 Å². The van der Waals surface area contributed by atoms with Gasteiger partial charge in [-0.25, -0.2) is 4.98 Å². The Balaban J connectivity index is 1.40. The van der Waals surface area contributed by atoms with E-state index >= 15 is 0 Å². The Kier molecular flexibility index (Phi) is 4.60. The van der Waals surface area contributed by atoms with Crippen molar-refractivity contribution in [2.45, 2.75) is 37.9 Å². The molecule has 3 aromatic rings. The SMILES string of the molecule is Cc1ccc2nc(SCCCCCn3cccn3)[nH]c2c1. The number of nitrogens with one attached hydrogen (secondary N) is 1. The third kappa shape index (κ3) is 3.88. The highest BCUT2D eigenvalue weighted by molar-refractivity contribution is 7.99. The van der Waals surface area contributed by atoms with Gasteiger partial charge in [0.2, 0.25) is 0 Å². The predicted octanol–water partition coefficient (Wildman–Crippen LogP) is 4.03. The smallest absolute Gasteiger partial charge is 0.166 e. The Bertz CT molecular complexity index is 687. The molecular weight excluding hydrogens is 280 g/mol. The molecule has 0 aliphatic heterocycles. The molecular formula is C16H20N4S. The Hall–Kier alpha value is -1.75. The predicted molar refractivity (Wildman–Crippen MR) is 87.6 cm³/mol.